The third-order valence-corrected chi connectivity index (χ3v) is 4.82. The van der Waals surface area contributed by atoms with Crippen LogP contribution in [0, 0.1) is 0 Å². The summed E-state index contributed by atoms with van der Waals surface area (Å²) in [5.41, 5.74) is 3.80. The van der Waals surface area contributed by atoms with E-state index in [1.54, 1.807) is 60.7 Å². The highest BCUT2D eigenvalue weighted by atomic mass is 16.6. The van der Waals surface area contributed by atoms with Gasteiger partial charge < -0.3 is 23.7 Å². The van der Waals surface area contributed by atoms with E-state index in [1.807, 2.05) is 6.92 Å². The van der Waals surface area contributed by atoms with E-state index in [2.05, 4.69) is 10.5 Å². The Labute approximate surface area is 203 Å². The van der Waals surface area contributed by atoms with Gasteiger partial charge in [-0.2, -0.15) is 5.10 Å². The minimum Gasteiger partial charge on any atom is -0.494 e. The monoisotopic (exact) mass is 478 g/mol. The Kier molecular flexibility index (Phi) is 8.66. The SMILES string of the molecule is CCOc1ccc(C(=O)Oc2ccc(/C=N\NC(=O)c3ccc(OC)c(OC)c3)cc2OC)cc1. The van der Waals surface area contributed by atoms with Crippen LogP contribution in [0.1, 0.15) is 33.2 Å². The smallest absolute Gasteiger partial charge is 0.343 e. The van der Waals surface area contributed by atoms with E-state index in [0.717, 1.165) is 0 Å². The summed E-state index contributed by atoms with van der Waals surface area (Å²) in [6.07, 6.45) is 1.44. The zero-order chi connectivity index (χ0) is 25.2. The van der Waals surface area contributed by atoms with Crippen LogP contribution in [0.2, 0.25) is 0 Å². The molecule has 0 heterocycles. The molecule has 1 amide bonds. The van der Waals surface area contributed by atoms with Crippen molar-refractivity contribution < 1.29 is 33.3 Å². The normalized spacial score (nSPS) is 10.5. The molecule has 0 saturated carbocycles. The van der Waals surface area contributed by atoms with Crippen molar-refractivity contribution in [2.75, 3.05) is 27.9 Å². The maximum atomic E-state index is 12.5. The molecule has 1 N–H and O–H groups in total. The highest BCUT2D eigenvalue weighted by molar-refractivity contribution is 5.95. The standard InChI is InChI=1S/C26H26N2O7/c1-5-34-20-10-7-18(8-11-20)26(30)35-22-12-6-17(14-23(22)32-3)16-27-28-25(29)19-9-13-21(31-2)24(15-19)33-4/h6-16H,5H2,1-4H3,(H,28,29)/b27-16-. The van der Waals surface area contributed by atoms with E-state index in [9.17, 15) is 9.59 Å². The number of carbonyl (C=O) groups is 2. The molecule has 0 saturated heterocycles. The van der Waals surface area contributed by atoms with Crippen molar-refractivity contribution in [3.05, 3.63) is 77.4 Å². The number of hydrogen-bond donors (Lipinski definition) is 1. The van der Waals surface area contributed by atoms with Crippen LogP contribution in [0.5, 0.6) is 28.7 Å². The maximum absolute atomic E-state index is 12.5. The first-order chi connectivity index (χ1) is 17.0. The predicted octanol–water partition coefficient (Wildman–Crippen LogP) is 4.09. The summed E-state index contributed by atoms with van der Waals surface area (Å²) in [6.45, 7) is 2.42. The van der Waals surface area contributed by atoms with E-state index in [1.165, 1.54) is 27.5 Å². The molecule has 35 heavy (non-hydrogen) atoms. The average Bonchev–Trinajstić information content (AvgIpc) is 2.89. The highest BCUT2D eigenvalue weighted by Crippen LogP contribution is 2.29. The summed E-state index contributed by atoms with van der Waals surface area (Å²) in [6, 6.07) is 16.3. The van der Waals surface area contributed by atoms with Gasteiger partial charge >= 0.3 is 5.97 Å². The third kappa shape index (κ3) is 6.50. The molecule has 0 aliphatic carbocycles. The fourth-order valence-corrected chi connectivity index (χ4v) is 3.07. The van der Waals surface area contributed by atoms with E-state index in [4.69, 9.17) is 23.7 Å². The Morgan fingerprint density at radius 2 is 1.43 bits per heavy atom. The number of nitrogens with zero attached hydrogens (tertiary/aromatic N) is 1. The van der Waals surface area contributed by atoms with Gasteiger partial charge in [0.25, 0.3) is 5.91 Å². The maximum Gasteiger partial charge on any atom is 0.343 e. The lowest BCUT2D eigenvalue weighted by molar-refractivity contribution is 0.0729. The zero-order valence-electron chi connectivity index (χ0n) is 19.9. The summed E-state index contributed by atoms with van der Waals surface area (Å²) in [7, 11) is 4.47. The van der Waals surface area contributed by atoms with Gasteiger partial charge in [-0.25, -0.2) is 10.2 Å². The van der Waals surface area contributed by atoms with E-state index in [-0.39, 0.29) is 5.75 Å². The third-order valence-electron chi connectivity index (χ3n) is 4.82. The van der Waals surface area contributed by atoms with Gasteiger partial charge in [-0.15, -0.1) is 0 Å². The molecule has 9 heteroatoms. The van der Waals surface area contributed by atoms with Crippen LogP contribution in [-0.4, -0.2) is 46.0 Å². The van der Waals surface area contributed by atoms with Crippen molar-refractivity contribution in [1.82, 2.24) is 5.43 Å². The van der Waals surface area contributed by atoms with Crippen molar-refractivity contribution in [2.24, 2.45) is 5.10 Å². The second-order valence-corrected chi connectivity index (χ2v) is 7.03. The summed E-state index contributed by atoms with van der Waals surface area (Å²) in [5.74, 6) is 1.25. The molecule has 3 rings (SSSR count). The second-order valence-electron chi connectivity index (χ2n) is 7.03. The zero-order valence-corrected chi connectivity index (χ0v) is 19.9. The number of carbonyl (C=O) groups excluding carboxylic acids is 2. The van der Waals surface area contributed by atoms with Crippen LogP contribution >= 0.6 is 0 Å². The lowest BCUT2D eigenvalue weighted by Gasteiger charge is -2.10. The van der Waals surface area contributed by atoms with Gasteiger partial charge in [0.15, 0.2) is 23.0 Å². The molecule has 0 aliphatic rings. The number of esters is 1. The number of benzene rings is 3. The molecular weight excluding hydrogens is 452 g/mol. The first-order valence-corrected chi connectivity index (χ1v) is 10.7. The average molecular weight is 479 g/mol. The van der Waals surface area contributed by atoms with Gasteiger partial charge in [-0.3, -0.25) is 4.79 Å². The number of hydrogen-bond acceptors (Lipinski definition) is 8. The number of hydrazone groups is 1. The number of methoxy groups -OCH3 is 3. The lowest BCUT2D eigenvalue weighted by Crippen LogP contribution is -2.17. The molecular formula is C26H26N2O7. The number of amides is 1. The Morgan fingerprint density at radius 1 is 0.800 bits per heavy atom. The molecule has 0 unspecified atom stereocenters. The first-order valence-electron chi connectivity index (χ1n) is 10.7. The fourth-order valence-electron chi connectivity index (χ4n) is 3.07. The van der Waals surface area contributed by atoms with Crippen molar-refractivity contribution in [2.45, 2.75) is 6.92 Å². The molecule has 0 spiro atoms. The molecule has 182 valence electrons. The molecule has 0 fully saturated rings. The summed E-state index contributed by atoms with van der Waals surface area (Å²) in [4.78, 5) is 24.9. The molecule has 0 bridgehead atoms. The lowest BCUT2D eigenvalue weighted by atomic mass is 10.2. The minimum atomic E-state index is -0.532. The van der Waals surface area contributed by atoms with Crippen LogP contribution in [0.25, 0.3) is 0 Å². The van der Waals surface area contributed by atoms with Crippen molar-refractivity contribution >= 4 is 18.1 Å². The highest BCUT2D eigenvalue weighted by Gasteiger charge is 2.14. The van der Waals surface area contributed by atoms with Gasteiger partial charge in [-0.05, 0) is 73.2 Å². The van der Waals surface area contributed by atoms with Gasteiger partial charge in [-0.1, -0.05) is 0 Å². The van der Waals surface area contributed by atoms with Crippen LogP contribution < -0.4 is 29.1 Å². The Balaban J connectivity index is 1.65. The number of rotatable bonds is 10. The number of nitrogens with one attached hydrogen (secondary N) is 1. The van der Waals surface area contributed by atoms with Crippen LogP contribution in [0.3, 0.4) is 0 Å². The van der Waals surface area contributed by atoms with Crippen molar-refractivity contribution in [1.29, 1.82) is 0 Å². The van der Waals surface area contributed by atoms with E-state index >= 15 is 0 Å². The Morgan fingerprint density at radius 3 is 2.09 bits per heavy atom. The topological polar surface area (TPSA) is 105 Å². The molecule has 0 aromatic heterocycles. The largest absolute Gasteiger partial charge is 0.494 e. The molecule has 3 aromatic rings. The van der Waals surface area contributed by atoms with Crippen molar-refractivity contribution in [3.63, 3.8) is 0 Å². The number of ether oxygens (including phenoxy) is 5. The Hall–Kier alpha value is -4.53. The molecule has 0 aliphatic heterocycles. The van der Waals surface area contributed by atoms with Gasteiger partial charge in [0, 0.05) is 5.56 Å². The molecule has 3 aromatic carbocycles. The van der Waals surface area contributed by atoms with E-state index in [0.29, 0.717) is 46.3 Å². The summed E-state index contributed by atoms with van der Waals surface area (Å²) < 4.78 is 26.6. The quantitative estimate of drug-likeness (QED) is 0.202. The van der Waals surface area contributed by atoms with Crippen LogP contribution in [0.15, 0.2) is 65.8 Å². The first kappa shape index (κ1) is 25.1. The Bertz CT molecular complexity index is 1210. The van der Waals surface area contributed by atoms with Gasteiger partial charge in [0.05, 0.1) is 39.7 Å². The molecule has 0 radical (unpaired) electrons. The van der Waals surface area contributed by atoms with Crippen LogP contribution in [-0.2, 0) is 0 Å². The predicted molar refractivity (Wildman–Crippen MR) is 130 cm³/mol. The van der Waals surface area contributed by atoms with Gasteiger partial charge in [0.1, 0.15) is 5.75 Å². The van der Waals surface area contributed by atoms with Crippen LogP contribution in [0.4, 0.5) is 0 Å². The summed E-state index contributed by atoms with van der Waals surface area (Å²) in [5, 5.41) is 3.98. The van der Waals surface area contributed by atoms with E-state index < -0.39 is 11.9 Å². The molecule has 0 atom stereocenters. The molecule has 9 nitrogen and oxygen atoms in total. The van der Waals surface area contributed by atoms with Gasteiger partial charge in [0.2, 0.25) is 0 Å². The summed E-state index contributed by atoms with van der Waals surface area (Å²) >= 11 is 0. The minimum absolute atomic E-state index is 0.248. The van der Waals surface area contributed by atoms with Crippen molar-refractivity contribution in [3.8, 4) is 28.7 Å². The second kappa shape index (κ2) is 12.1. The fraction of sp³-hybridized carbons (Fsp3) is 0.192.